The number of quaternary nitrogens is 1. The molecule has 0 fully saturated rings. The molecule has 5 nitrogen and oxygen atoms in total. The maximum Gasteiger partial charge on any atom is 0.435 e. The van der Waals surface area contributed by atoms with Crippen molar-refractivity contribution in [3.05, 3.63) is 48.5 Å². The van der Waals surface area contributed by atoms with Crippen molar-refractivity contribution in [1.82, 2.24) is 4.48 Å². The highest BCUT2D eigenvalue weighted by atomic mass is 32.2. The predicted octanol–water partition coefficient (Wildman–Crippen LogP) is 4.47. The van der Waals surface area contributed by atoms with E-state index < -0.39 is 10.1 Å². The van der Waals surface area contributed by atoms with Crippen LogP contribution in [0.3, 0.4) is 0 Å². The van der Waals surface area contributed by atoms with Gasteiger partial charge in [-0.05, 0) is 31.9 Å². The van der Waals surface area contributed by atoms with Crippen molar-refractivity contribution >= 4 is 54.3 Å². The van der Waals surface area contributed by atoms with Crippen molar-refractivity contribution < 1.29 is 18.0 Å². The van der Waals surface area contributed by atoms with Crippen molar-refractivity contribution in [3.63, 3.8) is 0 Å². The summed E-state index contributed by atoms with van der Waals surface area (Å²) >= 11 is 3.62. The second kappa shape index (κ2) is 7.18. The van der Waals surface area contributed by atoms with Crippen molar-refractivity contribution in [1.29, 1.82) is 0 Å². The third-order valence-corrected chi connectivity index (χ3v) is 8.38. The first-order chi connectivity index (χ1) is 12.9. The predicted molar refractivity (Wildman–Crippen MR) is 112 cm³/mol. The minimum absolute atomic E-state index is 0.188. The molecule has 0 radical (unpaired) electrons. The lowest BCUT2D eigenvalue weighted by atomic mass is 10.2. The first kappa shape index (κ1) is 18.9. The fourth-order valence-corrected chi connectivity index (χ4v) is 7.04. The molecule has 2 aromatic carbocycles. The van der Waals surface area contributed by atoms with Crippen molar-refractivity contribution in [3.8, 4) is 0 Å². The largest absolute Gasteiger partial charge is 0.435 e. The summed E-state index contributed by atoms with van der Waals surface area (Å²) in [5.74, 6) is -0.188. The van der Waals surface area contributed by atoms with Crippen LogP contribution in [0.5, 0.6) is 0 Å². The first-order valence-corrected chi connectivity index (χ1v) is 12.2. The Balaban J connectivity index is 1.76. The van der Waals surface area contributed by atoms with E-state index in [0.717, 1.165) is 17.2 Å². The molecule has 8 heteroatoms. The highest BCUT2D eigenvalue weighted by Gasteiger charge is 2.52. The second-order valence-corrected chi connectivity index (χ2v) is 10.8. The Hall–Kier alpha value is -1.45. The molecule has 2 N–H and O–H groups in total. The number of benzene rings is 2. The number of fused-ring (bicyclic) bond motifs is 2. The lowest BCUT2D eigenvalue weighted by Crippen LogP contribution is -2.50. The summed E-state index contributed by atoms with van der Waals surface area (Å²) in [7, 11) is -3.92. The van der Waals surface area contributed by atoms with Crippen LogP contribution < -0.4 is 9.47 Å². The third kappa shape index (κ3) is 3.52. The minimum Gasteiger partial charge on any atom is -0.286 e. The molecule has 0 aliphatic carbocycles. The number of thiazole rings is 1. The fourth-order valence-electron chi connectivity index (χ4n) is 3.77. The molecule has 2 atom stereocenters. The lowest BCUT2D eigenvalue weighted by Gasteiger charge is -2.31. The number of hydrogen-bond acceptors (Lipinski definition) is 4. The van der Waals surface area contributed by atoms with E-state index in [9.17, 15) is 8.42 Å². The van der Waals surface area contributed by atoms with Gasteiger partial charge in [0.1, 0.15) is 4.70 Å². The van der Waals surface area contributed by atoms with Gasteiger partial charge in [0.25, 0.3) is 10.1 Å². The van der Waals surface area contributed by atoms with Crippen LogP contribution in [0.25, 0.3) is 10.2 Å². The molecule has 3 aromatic rings. The number of hydrogen-bond donors (Lipinski definition) is 1. The van der Waals surface area contributed by atoms with Gasteiger partial charge in [0.15, 0.2) is 11.1 Å². The summed E-state index contributed by atoms with van der Waals surface area (Å²) in [5.41, 5.74) is 2.37. The third-order valence-electron chi connectivity index (χ3n) is 5.07. The van der Waals surface area contributed by atoms with Crippen LogP contribution in [-0.4, -0.2) is 30.6 Å². The van der Waals surface area contributed by atoms with Gasteiger partial charge in [0, 0.05) is 23.5 Å². The summed E-state index contributed by atoms with van der Waals surface area (Å²) < 4.78 is 33.1. The van der Waals surface area contributed by atoms with Crippen LogP contribution in [0.2, 0.25) is 0 Å². The van der Waals surface area contributed by atoms with Crippen LogP contribution in [0.15, 0.2) is 53.4 Å². The van der Waals surface area contributed by atoms with E-state index >= 15 is 0 Å². The molecule has 27 heavy (non-hydrogen) atoms. The molecule has 4 rings (SSSR count). The zero-order valence-corrected chi connectivity index (χ0v) is 17.4. The van der Waals surface area contributed by atoms with Gasteiger partial charge in [-0.25, -0.2) is 0 Å². The summed E-state index contributed by atoms with van der Waals surface area (Å²) in [4.78, 5) is 4.89. The number of thioether (sulfide) groups is 1. The highest BCUT2D eigenvalue weighted by molar-refractivity contribution is 8.00. The van der Waals surface area contributed by atoms with Gasteiger partial charge < -0.3 is 0 Å². The number of aromatic nitrogens is 1. The molecule has 2 heterocycles. The van der Waals surface area contributed by atoms with Crippen LogP contribution in [0.4, 0.5) is 10.8 Å². The van der Waals surface area contributed by atoms with Crippen LogP contribution in [0, 0.1) is 0 Å². The fraction of sp³-hybridized carbons (Fsp3) is 0.316. The molecule has 0 spiro atoms. The van der Waals surface area contributed by atoms with Gasteiger partial charge in [0.05, 0.1) is 17.2 Å². The summed E-state index contributed by atoms with van der Waals surface area (Å²) in [6, 6.07) is 16.7. The zero-order valence-electron chi connectivity index (χ0n) is 15.0. The van der Waals surface area contributed by atoms with Gasteiger partial charge in [-0.2, -0.15) is 12.9 Å². The summed E-state index contributed by atoms with van der Waals surface area (Å²) in [6.07, 6.45) is 1.16. The Labute approximate surface area is 167 Å². The van der Waals surface area contributed by atoms with Gasteiger partial charge in [-0.1, -0.05) is 36.0 Å². The molecule has 0 saturated carbocycles. The Morgan fingerprint density at radius 3 is 2.63 bits per heavy atom. The molecule has 1 aliphatic heterocycles. The monoisotopic (exact) mass is 422 g/mol. The minimum atomic E-state index is -3.92. The van der Waals surface area contributed by atoms with Crippen LogP contribution in [-0.2, 0) is 10.1 Å². The van der Waals surface area contributed by atoms with E-state index in [1.165, 1.54) is 15.3 Å². The number of para-hydroxylation sites is 2. The number of aromatic amines is 1. The quantitative estimate of drug-likeness (QED) is 0.361. The lowest BCUT2D eigenvalue weighted by molar-refractivity contribution is -0.336. The van der Waals surface area contributed by atoms with E-state index in [-0.39, 0.29) is 11.1 Å². The SMILES string of the molecule is CC1Sc2ccccc2[N+]1(CCCCS(=O)(=O)O)c1[nH+]c2ccccc2s1. The Kier molecular flexibility index (Phi) is 5.02. The Morgan fingerprint density at radius 2 is 1.85 bits per heavy atom. The Bertz CT molecular complexity index is 1050. The second-order valence-electron chi connectivity index (χ2n) is 6.80. The highest BCUT2D eigenvalue weighted by Crippen LogP contribution is 2.54. The molecule has 0 bridgehead atoms. The number of nitrogens with one attached hydrogen (secondary N) is 1. The molecule has 2 unspecified atom stereocenters. The molecule has 1 aliphatic rings. The molecule has 142 valence electrons. The maximum absolute atomic E-state index is 11.1. The molecular weight excluding hydrogens is 400 g/mol. The maximum atomic E-state index is 11.1. The zero-order chi connectivity index (χ0) is 19.1. The van der Waals surface area contributed by atoms with E-state index in [4.69, 9.17) is 4.55 Å². The van der Waals surface area contributed by atoms with Crippen LogP contribution in [0.1, 0.15) is 19.8 Å². The molecule has 1 aromatic heterocycles. The molecule has 0 amide bonds. The molecule has 0 saturated heterocycles. The van der Waals surface area contributed by atoms with E-state index in [2.05, 4.69) is 48.3 Å². The van der Waals surface area contributed by atoms with Crippen molar-refractivity contribution in [2.24, 2.45) is 0 Å². The van der Waals surface area contributed by atoms with Crippen molar-refractivity contribution in [2.45, 2.75) is 30.0 Å². The van der Waals surface area contributed by atoms with Gasteiger partial charge in [-0.15, -0.1) is 4.98 Å². The normalized spacial score (nSPS) is 22.2. The summed E-state index contributed by atoms with van der Waals surface area (Å²) in [5, 5.41) is 1.44. The standard InChI is InChI=1S/C19H20N2O3S3/c1-14-21(12-6-7-13-27(22,23)24,16-9-3-5-11-18(16)25-14)19-20-15-8-2-4-10-17(15)26-19/h2-5,8-11,14H,6-7,12-13H2,1H3/p+2. The average Bonchev–Trinajstić information content (AvgIpc) is 3.17. The van der Waals surface area contributed by atoms with E-state index in [1.54, 1.807) is 11.3 Å². The molecular formula is C19H22N2O3S3+2. The smallest absolute Gasteiger partial charge is 0.286 e. The van der Waals surface area contributed by atoms with Gasteiger partial charge in [0.2, 0.25) is 5.52 Å². The van der Waals surface area contributed by atoms with E-state index in [0.29, 0.717) is 17.3 Å². The first-order valence-electron chi connectivity index (χ1n) is 8.91. The van der Waals surface area contributed by atoms with E-state index in [1.807, 2.05) is 23.9 Å². The summed E-state index contributed by atoms with van der Waals surface area (Å²) in [6.45, 7) is 3.01. The van der Waals surface area contributed by atoms with Gasteiger partial charge in [-0.3, -0.25) is 4.55 Å². The topological polar surface area (TPSA) is 68.5 Å². The average molecular weight is 423 g/mol. The van der Waals surface area contributed by atoms with Gasteiger partial charge >= 0.3 is 5.13 Å². The van der Waals surface area contributed by atoms with Crippen molar-refractivity contribution in [2.75, 3.05) is 12.3 Å². The number of unbranched alkanes of at least 4 members (excludes halogenated alkanes) is 1. The Morgan fingerprint density at radius 1 is 1.11 bits per heavy atom. The number of H-pyrrole nitrogens is 1. The number of nitrogens with zero attached hydrogens (tertiary/aromatic N) is 1. The number of rotatable bonds is 6. The van der Waals surface area contributed by atoms with Crippen LogP contribution >= 0.6 is 23.1 Å².